The number of nitrogens with zero attached hydrogens (tertiary/aromatic N) is 2. The predicted molar refractivity (Wildman–Crippen MR) is 137 cm³/mol. The lowest BCUT2D eigenvalue weighted by molar-refractivity contribution is 0.102. The zero-order chi connectivity index (χ0) is 24.2. The Morgan fingerprint density at radius 1 is 0.971 bits per heavy atom. The number of halogens is 3. The number of aryl methyl sites for hydroxylation is 1. The Kier molecular flexibility index (Phi) is 7.47. The van der Waals surface area contributed by atoms with Gasteiger partial charge in [-0.2, -0.15) is 5.10 Å². The number of benzene rings is 3. The standard InChI is InChI=1S/C26H22Cl3N3O2/c1-16-25(17(2)32(31-16)14-22-23(28)7-4-8-24(22)29)30-26(33)19-11-9-18(10-12-19)15-34-21-6-3-5-20(27)13-21/h3-13H,14-15H2,1-2H3,(H,30,33). The molecule has 0 bridgehead atoms. The summed E-state index contributed by atoms with van der Waals surface area (Å²) in [6.07, 6.45) is 0. The van der Waals surface area contributed by atoms with Crippen molar-refractivity contribution in [2.45, 2.75) is 27.0 Å². The second-order valence-electron chi connectivity index (χ2n) is 7.80. The Morgan fingerprint density at radius 3 is 2.32 bits per heavy atom. The van der Waals surface area contributed by atoms with Gasteiger partial charge in [0, 0.05) is 26.2 Å². The van der Waals surface area contributed by atoms with E-state index >= 15 is 0 Å². The van der Waals surface area contributed by atoms with Crippen LogP contribution in [0.25, 0.3) is 0 Å². The van der Waals surface area contributed by atoms with Gasteiger partial charge in [0.25, 0.3) is 5.91 Å². The van der Waals surface area contributed by atoms with Crippen molar-refractivity contribution >= 4 is 46.4 Å². The molecule has 0 saturated heterocycles. The van der Waals surface area contributed by atoms with Crippen molar-refractivity contribution < 1.29 is 9.53 Å². The van der Waals surface area contributed by atoms with Gasteiger partial charge in [0.1, 0.15) is 12.4 Å². The van der Waals surface area contributed by atoms with Crippen LogP contribution in [0.3, 0.4) is 0 Å². The lowest BCUT2D eigenvalue weighted by Gasteiger charge is -2.10. The summed E-state index contributed by atoms with van der Waals surface area (Å²) in [5.74, 6) is 0.471. The Morgan fingerprint density at radius 2 is 1.65 bits per heavy atom. The van der Waals surface area contributed by atoms with E-state index in [1.54, 1.807) is 47.1 Å². The fraction of sp³-hybridized carbons (Fsp3) is 0.154. The number of amides is 1. The van der Waals surface area contributed by atoms with Crippen molar-refractivity contribution in [3.8, 4) is 5.75 Å². The zero-order valence-corrected chi connectivity index (χ0v) is 20.9. The predicted octanol–water partition coefficient (Wildman–Crippen LogP) is 7.34. The minimum absolute atomic E-state index is 0.219. The number of ether oxygens (including phenoxy) is 1. The minimum Gasteiger partial charge on any atom is -0.489 e. The summed E-state index contributed by atoms with van der Waals surface area (Å²) in [5.41, 5.74) is 4.45. The molecule has 0 radical (unpaired) electrons. The fourth-order valence-electron chi connectivity index (χ4n) is 3.53. The molecule has 5 nitrogen and oxygen atoms in total. The van der Waals surface area contributed by atoms with Crippen LogP contribution in [-0.4, -0.2) is 15.7 Å². The third-order valence-corrected chi connectivity index (χ3v) is 6.35. The maximum absolute atomic E-state index is 12.9. The molecule has 1 N–H and O–H groups in total. The van der Waals surface area contributed by atoms with Crippen LogP contribution in [0.5, 0.6) is 5.75 Å². The first-order valence-electron chi connectivity index (χ1n) is 10.6. The molecule has 4 rings (SSSR count). The molecule has 34 heavy (non-hydrogen) atoms. The number of carbonyl (C=O) groups excluding carboxylic acids is 1. The van der Waals surface area contributed by atoms with Crippen molar-refractivity contribution in [3.63, 3.8) is 0 Å². The van der Waals surface area contributed by atoms with Gasteiger partial charge in [-0.25, -0.2) is 0 Å². The molecule has 1 heterocycles. The summed E-state index contributed by atoms with van der Waals surface area (Å²) < 4.78 is 7.54. The van der Waals surface area contributed by atoms with Gasteiger partial charge in [-0.1, -0.05) is 59.1 Å². The van der Waals surface area contributed by atoms with Crippen LogP contribution >= 0.6 is 34.8 Å². The first-order valence-corrected chi connectivity index (χ1v) is 11.7. The number of aromatic nitrogens is 2. The highest BCUT2D eigenvalue weighted by molar-refractivity contribution is 6.36. The van der Waals surface area contributed by atoms with Crippen molar-refractivity contribution in [2.75, 3.05) is 5.32 Å². The summed E-state index contributed by atoms with van der Waals surface area (Å²) in [4.78, 5) is 12.9. The average Bonchev–Trinajstić information content (AvgIpc) is 3.08. The van der Waals surface area contributed by atoms with E-state index in [1.807, 2.05) is 38.1 Å². The second kappa shape index (κ2) is 10.5. The van der Waals surface area contributed by atoms with E-state index in [2.05, 4.69) is 10.4 Å². The van der Waals surface area contributed by atoms with Gasteiger partial charge in [0.05, 0.1) is 23.6 Å². The first kappa shape index (κ1) is 24.1. The van der Waals surface area contributed by atoms with E-state index in [-0.39, 0.29) is 5.91 Å². The number of hydrogen-bond acceptors (Lipinski definition) is 3. The van der Waals surface area contributed by atoms with Gasteiger partial charge in [-0.05, 0) is 61.9 Å². The lowest BCUT2D eigenvalue weighted by Crippen LogP contribution is -2.13. The molecule has 8 heteroatoms. The third kappa shape index (κ3) is 5.55. The number of anilines is 1. The number of nitrogens with one attached hydrogen (secondary N) is 1. The van der Waals surface area contributed by atoms with Crippen LogP contribution in [0.15, 0.2) is 66.7 Å². The molecule has 1 aromatic heterocycles. The van der Waals surface area contributed by atoms with Crippen molar-refractivity contribution in [3.05, 3.63) is 110 Å². The van der Waals surface area contributed by atoms with Crippen LogP contribution in [-0.2, 0) is 13.2 Å². The van der Waals surface area contributed by atoms with Crippen LogP contribution in [0.2, 0.25) is 15.1 Å². The monoisotopic (exact) mass is 513 g/mol. The zero-order valence-electron chi connectivity index (χ0n) is 18.6. The molecule has 0 fully saturated rings. The topological polar surface area (TPSA) is 56.2 Å². The molecule has 1 amide bonds. The molecule has 0 spiro atoms. The van der Waals surface area contributed by atoms with Gasteiger partial charge in [0.15, 0.2) is 0 Å². The maximum atomic E-state index is 12.9. The number of carbonyl (C=O) groups is 1. The Hall–Kier alpha value is -2.99. The van der Waals surface area contributed by atoms with Gasteiger partial charge < -0.3 is 10.1 Å². The summed E-state index contributed by atoms with van der Waals surface area (Å²) in [5, 5.41) is 9.31. The molecular weight excluding hydrogens is 493 g/mol. The van der Waals surface area contributed by atoms with Crippen molar-refractivity contribution in [1.29, 1.82) is 0 Å². The smallest absolute Gasteiger partial charge is 0.255 e. The minimum atomic E-state index is -0.219. The molecule has 174 valence electrons. The molecule has 0 unspecified atom stereocenters. The summed E-state index contributed by atoms with van der Waals surface area (Å²) in [7, 11) is 0. The lowest BCUT2D eigenvalue weighted by atomic mass is 10.1. The highest BCUT2D eigenvalue weighted by Gasteiger charge is 2.17. The number of hydrogen-bond donors (Lipinski definition) is 1. The Labute approximate surface area is 213 Å². The molecule has 0 aliphatic carbocycles. The van der Waals surface area contributed by atoms with E-state index in [4.69, 9.17) is 39.5 Å². The quantitative estimate of drug-likeness (QED) is 0.281. The summed E-state index contributed by atoms with van der Waals surface area (Å²) >= 11 is 18.6. The van der Waals surface area contributed by atoms with Gasteiger partial charge in [-0.15, -0.1) is 0 Å². The largest absolute Gasteiger partial charge is 0.489 e. The van der Waals surface area contributed by atoms with Gasteiger partial charge >= 0.3 is 0 Å². The Balaban J connectivity index is 1.43. The molecule has 0 atom stereocenters. The van der Waals surface area contributed by atoms with Crippen LogP contribution in [0.1, 0.15) is 32.9 Å². The van der Waals surface area contributed by atoms with Crippen molar-refractivity contribution in [1.82, 2.24) is 9.78 Å². The van der Waals surface area contributed by atoms with E-state index in [0.717, 1.165) is 16.8 Å². The maximum Gasteiger partial charge on any atom is 0.255 e. The van der Waals surface area contributed by atoms with Crippen LogP contribution < -0.4 is 10.1 Å². The SMILES string of the molecule is Cc1nn(Cc2c(Cl)cccc2Cl)c(C)c1NC(=O)c1ccc(COc2cccc(Cl)c2)cc1. The average molecular weight is 515 g/mol. The fourth-order valence-corrected chi connectivity index (χ4v) is 4.22. The van der Waals surface area contributed by atoms with E-state index in [9.17, 15) is 4.79 Å². The molecular formula is C26H22Cl3N3O2. The normalized spacial score (nSPS) is 10.9. The van der Waals surface area contributed by atoms with Crippen molar-refractivity contribution in [2.24, 2.45) is 0 Å². The second-order valence-corrected chi connectivity index (χ2v) is 9.05. The molecule has 3 aromatic carbocycles. The van der Waals surface area contributed by atoms with Crippen LogP contribution in [0.4, 0.5) is 5.69 Å². The Bertz CT molecular complexity index is 1310. The molecule has 0 saturated carbocycles. The molecule has 0 aliphatic rings. The summed E-state index contributed by atoms with van der Waals surface area (Å²) in [6, 6.07) is 19.9. The van der Waals surface area contributed by atoms with E-state index in [0.29, 0.717) is 50.9 Å². The summed E-state index contributed by atoms with van der Waals surface area (Å²) in [6.45, 7) is 4.53. The highest BCUT2D eigenvalue weighted by atomic mass is 35.5. The highest BCUT2D eigenvalue weighted by Crippen LogP contribution is 2.28. The number of rotatable bonds is 7. The van der Waals surface area contributed by atoms with Gasteiger partial charge in [0.2, 0.25) is 0 Å². The molecule has 4 aromatic rings. The first-order chi connectivity index (χ1) is 16.3. The van der Waals surface area contributed by atoms with E-state index in [1.165, 1.54) is 0 Å². The van der Waals surface area contributed by atoms with Crippen LogP contribution in [0, 0.1) is 13.8 Å². The van der Waals surface area contributed by atoms with E-state index < -0.39 is 0 Å². The molecule has 0 aliphatic heterocycles. The van der Waals surface area contributed by atoms with Gasteiger partial charge in [-0.3, -0.25) is 9.48 Å². The third-order valence-electron chi connectivity index (χ3n) is 5.41.